The van der Waals surface area contributed by atoms with E-state index >= 15 is 0 Å². The van der Waals surface area contributed by atoms with Crippen LogP contribution >= 0.6 is 11.3 Å². The lowest BCUT2D eigenvalue weighted by molar-refractivity contribution is 0.0682. The molecule has 7 aromatic carbocycles. The number of aromatic nitrogens is 1. The standard InChI is InChI=1S/C21H26O3.C21H26O2.C20H23FO2.C16H19NO4S/c1-2-3-4-5-6-7-16-24-20-14-12-18(13-15-20)17-8-10-19(11-9-17)21(22)23;1-2-3-4-5-6-7-8-17-9-11-18(12-10-17)19-13-15-20(16-14-19)21(22)23;1-2-3-4-5-6-7-15-8-10-16(11-9-15)17-12-13-18(20(22)23)19(21)14-17;1-3-8-20-9-10-21-14-11(2)22-15(17-14)12-4-6-13(7-5-12)16(18)19/h8-15H,2-7,16H2,1H3,(H,22,23);9-16H,2-8H2,1H3,(H,22,23);8-14H,2-7H2,1H3,(H,22,23);4-7H,3,8-10H2,1-2H3,(H,18,19). The molecule has 0 spiro atoms. The summed E-state index contributed by atoms with van der Waals surface area (Å²) in [6.07, 6.45) is 25.0. The van der Waals surface area contributed by atoms with Gasteiger partial charge in [-0.25, -0.2) is 28.6 Å². The Morgan fingerprint density at radius 1 is 0.391 bits per heavy atom. The van der Waals surface area contributed by atoms with Gasteiger partial charge in [-0.05, 0) is 151 Å². The molecule has 12 nitrogen and oxygen atoms in total. The lowest BCUT2D eigenvalue weighted by atomic mass is 10.00. The fraction of sp³-hybridized carbons (Fsp3) is 0.372. The first-order valence-corrected chi connectivity index (χ1v) is 33.6. The van der Waals surface area contributed by atoms with Gasteiger partial charge in [0.25, 0.3) is 0 Å². The predicted molar refractivity (Wildman–Crippen MR) is 371 cm³/mol. The van der Waals surface area contributed by atoms with Crippen LogP contribution in [0.4, 0.5) is 4.39 Å². The number of hydrogen-bond acceptors (Lipinski definition) is 9. The molecule has 0 fully saturated rings. The Kier molecular flexibility index (Phi) is 34.4. The number of hydrogen-bond donors (Lipinski definition) is 4. The average molecular weight is 1270 g/mol. The van der Waals surface area contributed by atoms with Crippen molar-refractivity contribution in [2.45, 2.75) is 163 Å². The van der Waals surface area contributed by atoms with E-state index in [0.717, 1.165) is 87.9 Å². The fourth-order valence-electron chi connectivity index (χ4n) is 9.90. The minimum Gasteiger partial charge on any atom is -0.494 e. The second-order valence-electron chi connectivity index (χ2n) is 22.7. The molecular formula is C78H94FNO11S. The average Bonchev–Trinajstić information content (AvgIpc) is 1.57. The molecule has 0 saturated carbocycles. The molecule has 1 aromatic heterocycles. The molecule has 0 atom stereocenters. The Morgan fingerprint density at radius 3 is 1.18 bits per heavy atom. The van der Waals surface area contributed by atoms with E-state index in [0.29, 0.717) is 35.8 Å². The van der Waals surface area contributed by atoms with Gasteiger partial charge >= 0.3 is 23.9 Å². The summed E-state index contributed by atoms with van der Waals surface area (Å²) >= 11 is 1.53. The van der Waals surface area contributed by atoms with E-state index < -0.39 is 29.7 Å². The monoisotopic (exact) mass is 1270 g/mol. The van der Waals surface area contributed by atoms with E-state index in [9.17, 15) is 23.6 Å². The number of aryl methyl sites for hydroxylation is 3. The van der Waals surface area contributed by atoms with E-state index in [-0.39, 0.29) is 11.1 Å². The number of nitrogens with zero attached hydrogens (tertiary/aromatic N) is 1. The van der Waals surface area contributed by atoms with Gasteiger partial charge in [-0.3, -0.25) is 0 Å². The van der Waals surface area contributed by atoms with Crippen LogP contribution in [-0.4, -0.2) is 75.7 Å². The van der Waals surface area contributed by atoms with Gasteiger partial charge in [0.2, 0.25) is 5.88 Å². The third kappa shape index (κ3) is 27.2. The van der Waals surface area contributed by atoms with E-state index in [1.165, 1.54) is 137 Å². The van der Waals surface area contributed by atoms with E-state index in [1.807, 2.05) is 67.6 Å². The van der Waals surface area contributed by atoms with Crippen LogP contribution in [0.3, 0.4) is 0 Å². The summed E-state index contributed by atoms with van der Waals surface area (Å²) in [5.41, 5.74) is 9.99. The topological polar surface area (TPSA) is 190 Å². The molecule has 4 N–H and O–H groups in total. The van der Waals surface area contributed by atoms with Crippen molar-refractivity contribution in [2.24, 2.45) is 0 Å². The normalized spacial score (nSPS) is 10.6. The molecule has 0 aliphatic rings. The van der Waals surface area contributed by atoms with Crippen molar-refractivity contribution in [3.8, 4) is 55.6 Å². The Bertz CT molecular complexity index is 3400. The summed E-state index contributed by atoms with van der Waals surface area (Å²) in [7, 11) is 0. The van der Waals surface area contributed by atoms with Gasteiger partial charge in [-0.1, -0.05) is 221 Å². The van der Waals surface area contributed by atoms with Gasteiger partial charge in [0.1, 0.15) is 23.2 Å². The molecule has 14 heteroatoms. The van der Waals surface area contributed by atoms with E-state index in [2.05, 4.69) is 69.1 Å². The smallest absolute Gasteiger partial charge is 0.338 e. The summed E-state index contributed by atoms with van der Waals surface area (Å²) in [6.45, 7) is 13.2. The van der Waals surface area contributed by atoms with Crippen molar-refractivity contribution >= 4 is 35.2 Å². The second kappa shape index (κ2) is 42.6. The molecule has 8 aromatic rings. The number of ether oxygens (including phenoxy) is 3. The summed E-state index contributed by atoms with van der Waals surface area (Å²) in [5.74, 6) is -3.16. The van der Waals surface area contributed by atoms with Gasteiger partial charge < -0.3 is 34.6 Å². The Balaban J connectivity index is 0.000000223. The molecule has 0 aliphatic heterocycles. The number of aromatic carboxylic acids is 4. The third-order valence-electron chi connectivity index (χ3n) is 15.3. The fourth-order valence-corrected chi connectivity index (χ4v) is 10.8. The van der Waals surface area contributed by atoms with Crippen molar-refractivity contribution < 1.29 is 58.2 Å². The SMILES string of the molecule is CCCCCCCCOc1ccc(-c2ccc(C(=O)O)cc2)cc1.CCCCCCCCc1ccc(-c2ccc(C(=O)O)cc2)cc1.CCCCCCCc1ccc(-c2ccc(C(=O)O)c(F)c2)cc1.CCCOCCOc1nc(-c2ccc(C(=O)O)cc2)sc1C. The van der Waals surface area contributed by atoms with Gasteiger partial charge in [-0.15, -0.1) is 11.3 Å². The number of carboxylic acid groups (broad SMARTS) is 4. The molecule has 1 heterocycles. The molecule has 490 valence electrons. The molecule has 0 bridgehead atoms. The van der Waals surface area contributed by atoms with Crippen LogP contribution in [-0.2, 0) is 17.6 Å². The number of unbranched alkanes of at least 4 members (excludes halogenated alkanes) is 14. The molecule has 0 aliphatic carbocycles. The Hall–Kier alpha value is -8.46. The zero-order chi connectivity index (χ0) is 66.3. The van der Waals surface area contributed by atoms with Crippen LogP contribution in [0.5, 0.6) is 11.6 Å². The number of halogens is 1. The molecule has 92 heavy (non-hydrogen) atoms. The number of benzene rings is 7. The first kappa shape index (κ1) is 74.3. The maximum absolute atomic E-state index is 13.8. The zero-order valence-electron chi connectivity index (χ0n) is 54.4. The lowest BCUT2D eigenvalue weighted by Gasteiger charge is -2.08. The van der Waals surface area contributed by atoms with Crippen LogP contribution in [0.15, 0.2) is 164 Å². The van der Waals surface area contributed by atoms with Crippen molar-refractivity contribution in [1.29, 1.82) is 0 Å². The molecule has 0 radical (unpaired) electrons. The minimum absolute atomic E-state index is 0.265. The van der Waals surface area contributed by atoms with Crippen LogP contribution in [0.25, 0.3) is 44.0 Å². The second-order valence-corrected chi connectivity index (χ2v) is 23.9. The number of carbonyl (C=O) groups is 4. The molecule has 0 amide bonds. The van der Waals surface area contributed by atoms with Gasteiger partial charge in [0, 0.05) is 12.2 Å². The maximum Gasteiger partial charge on any atom is 0.338 e. The largest absolute Gasteiger partial charge is 0.494 e. The van der Waals surface area contributed by atoms with Crippen molar-refractivity contribution in [1.82, 2.24) is 4.98 Å². The quantitative estimate of drug-likeness (QED) is 0.0276. The summed E-state index contributed by atoms with van der Waals surface area (Å²) in [5, 5.41) is 36.4. The summed E-state index contributed by atoms with van der Waals surface area (Å²) in [4.78, 5) is 48.9. The van der Waals surface area contributed by atoms with Gasteiger partial charge in [0.05, 0.1) is 40.3 Å². The highest BCUT2D eigenvalue weighted by molar-refractivity contribution is 7.15. The highest BCUT2D eigenvalue weighted by Gasteiger charge is 2.14. The number of carboxylic acids is 4. The zero-order valence-corrected chi connectivity index (χ0v) is 55.3. The van der Waals surface area contributed by atoms with Crippen LogP contribution in [0, 0.1) is 12.7 Å². The van der Waals surface area contributed by atoms with Gasteiger partial charge in [-0.2, -0.15) is 0 Å². The first-order chi connectivity index (χ1) is 44.6. The number of rotatable bonds is 35. The molecule has 0 unspecified atom stereocenters. The summed E-state index contributed by atoms with van der Waals surface area (Å²) < 4.78 is 30.5. The molecule has 8 rings (SSSR count). The Morgan fingerprint density at radius 2 is 0.772 bits per heavy atom. The maximum atomic E-state index is 13.8. The predicted octanol–water partition coefficient (Wildman–Crippen LogP) is 21.1. The lowest BCUT2D eigenvalue weighted by Crippen LogP contribution is -2.07. The summed E-state index contributed by atoms with van der Waals surface area (Å²) in [6, 6.07) is 49.5. The van der Waals surface area contributed by atoms with Crippen molar-refractivity contribution in [3.05, 3.63) is 208 Å². The minimum atomic E-state index is -1.24. The number of thiazole rings is 1. The molecular weight excluding hydrogens is 1180 g/mol. The van der Waals surface area contributed by atoms with E-state index in [4.69, 9.17) is 34.6 Å². The van der Waals surface area contributed by atoms with E-state index in [1.54, 1.807) is 54.6 Å². The van der Waals surface area contributed by atoms with Crippen molar-refractivity contribution in [2.75, 3.05) is 26.4 Å². The van der Waals surface area contributed by atoms with Crippen LogP contribution in [0.1, 0.15) is 201 Å². The molecule has 0 saturated heterocycles. The van der Waals surface area contributed by atoms with Gasteiger partial charge in [0.15, 0.2) is 0 Å². The highest BCUT2D eigenvalue weighted by atomic mass is 32.1. The van der Waals surface area contributed by atoms with Crippen molar-refractivity contribution in [3.63, 3.8) is 0 Å². The highest BCUT2D eigenvalue weighted by Crippen LogP contribution is 2.32. The first-order valence-electron chi connectivity index (χ1n) is 32.8. The van der Waals surface area contributed by atoms with Crippen LogP contribution in [0.2, 0.25) is 0 Å². The van der Waals surface area contributed by atoms with Crippen LogP contribution < -0.4 is 9.47 Å². The third-order valence-corrected chi connectivity index (χ3v) is 16.3. The Labute approximate surface area is 548 Å².